The van der Waals surface area contributed by atoms with Gasteiger partial charge in [0, 0.05) is 25.6 Å². The van der Waals surface area contributed by atoms with Crippen molar-refractivity contribution >= 4 is 21.6 Å². The standard InChI is InChI=1S/C19H24N2O4S/c1-12-5-6-15(20-14(3)22)10-19(12)26(23,24)21(4)11-16-7-8-18(25-16)17-9-13(17)2/h5-8,10,13,17H,9,11H2,1-4H3,(H,20,22)/t13-,17+/m1/s1. The molecule has 6 nitrogen and oxygen atoms in total. The number of hydrogen-bond acceptors (Lipinski definition) is 4. The van der Waals surface area contributed by atoms with Gasteiger partial charge in [-0.15, -0.1) is 0 Å². The number of amides is 1. The number of furan rings is 1. The summed E-state index contributed by atoms with van der Waals surface area (Å²) in [5.74, 6) is 2.41. The topological polar surface area (TPSA) is 79.6 Å². The fraction of sp³-hybridized carbons (Fsp3) is 0.421. The van der Waals surface area contributed by atoms with Crippen LogP contribution in [0.1, 0.15) is 43.3 Å². The fourth-order valence-corrected chi connectivity index (χ4v) is 4.41. The molecule has 0 radical (unpaired) electrons. The lowest BCUT2D eigenvalue weighted by Crippen LogP contribution is -2.27. The first kappa shape index (κ1) is 18.7. The summed E-state index contributed by atoms with van der Waals surface area (Å²) in [5, 5.41) is 2.62. The second-order valence-electron chi connectivity index (χ2n) is 7.05. The lowest BCUT2D eigenvalue weighted by atomic mass is 10.2. The highest BCUT2D eigenvalue weighted by Crippen LogP contribution is 2.47. The maximum absolute atomic E-state index is 13.0. The molecule has 0 unspecified atom stereocenters. The first-order valence-corrected chi connectivity index (χ1v) is 10.1. The van der Waals surface area contributed by atoms with E-state index in [9.17, 15) is 13.2 Å². The third-order valence-corrected chi connectivity index (χ3v) is 6.68. The average molecular weight is 376 g/mol. The van der Waals surface area contributed by atoms with Crippen molar-refractivity contribution < 1.29 is 17.6 Å². The molecule has 0 spiro atoms. The van der Waals surface area contributed by atoms with Crippen LogP contribution in [0, 0.1) is 12.8 Å². The summed E-state index contributed by atoms with van der Waals surface area (Å²) in [4.78, 5) is 11.4. The minimum atomic E-state index is -3.71. The molecule has 0 bridgehead atoms. The summed E-state index contributed by atoms with van der Waals surface area (Å²) in [7, 11) is -2.18. The Labute approximate surface area is 154 Å². The van der Waals surface area contributed by atoms with E-state index in [1.165, 1.54) is 24.3 Å². The van der Waals surface area contributed by atoms with Gasteiger partial charge in [0.1, 0.15) is 11.5 Å². The number of carbonyl (C=O) groups is 1. The smallest absolute Gasteiger partial charge is 0.243 e. The molecule has 1 amide bonds. The second kappa shape index (κ2) is 6.89. The van der Waals surface area contributed by atoms with Crippen molar-refractivity contribution in [1.29, 1.82) is 0 Å². The predicted octanol–water partition coefficient (Wildman–Crippen LogP) is 3.49. The van der Waals surface area contributed by atoms with E-state index in [2.05, 4.69) is 12.2 Å². The number of hydrogen-bond donors (Lipinski definition) is 1. The molecule has 7 heteroatoms. The summed E-state index contributed by atoms with van der Waals surface area (Å²) < 4.78 is 33.0. The van der Waals surface area contributed by atoms with Gasteiger partial charge in [0.15, 0.2) is 0 Å². The van der Waals surface area contributed by atoms with Crippen LogP contribution in [-0.2, 0) is 21.4 Å². The summed E-state index contributed by atoms with van der Waals surface area (Å²) in [6.07, 6.45) is 1.12. The van der Waals surface area contributed by atoms with Gasteiger partial charge in [0.2, 0.25) is 15.9 Å². The summed E-state index contributed by atoms with van der Waals surface area (Å²) >= 11 is 0. The van der Waals surface area contributed by atoms with Crippen molar-refractivity contribution in [3.63, 3.8) is 0 Å². The molecule has 1 saturated carbocycles. The zero-order chi connectivity index (χ0) is 19.1. The van der Waals surface area contributed by atoms with Crippen molar-refractivity contribution in [2.24, 2.45) is 5.92 Å². The van der Waals surface area contributed by atoms with Gasteiger partial charge in [0.25, 0.3) is 0 Å². The summed E-state index contributed by atoms with van der Waals surface area (Å²) in [6, 6.07) is 8.64. The van der Waals surface area contributed by atoms with Crippen LogP contribution in [0.25, 0.3) is 0 Å². The molecular weight excluding hydrogens is 352 g/mol. The van der Waals surface area contributed by atoms with Gasteiger partial charge in [0.05, 0.1) is 11.4 Å². The third kappa shape index (κ3) is 3.83. The van der Waals surface area contributed by atoms with Crippen LogP contribution >= 0.6 is 0 Å². The molecule has 1 aliphatic carbocycles. The lowest BCUT2D eigenvalue weighted by molar-refractivity contribution is -0.114. The Kier molecular flexibility index (Phi) is 4.94. The van der Waals surface area contributed by atoms with Crippen molar-refractivity contribution in [3.8, 4) is 0 Å². The SMILES string of the molecule is CC(=O)Nc1ccc(C)c(S(=O)(=O)N(C)Cc2ccc([C@H]3C[C@H]3C)o2)c1. The predicted molar refractivity (Wildman–Crippen MR) is 99.4 cm³/mol. The highest BCUT2D eigenvalue weighted by molar-refractivity contribution is 7.89. The highest BCUT2D eigenvalue weighted by atomic mass is 32.2. The van der Waals surface area contributed by atoms with Gasteiger partial charge in [-0.25, -0.2) is 8.42 Å². The van der Waals surface area contributed by atoms with E-state index < -0.39 is 10.0 Å². The molecule has 140 valence electrons. The number of nitrogens with zero attached hydrogens (tertiary/aromatic N) is 1. The number of nitrogens with one attached hydrogen (secondary N) is 1. The fourth-order valence-electron chi connectivity index (χ4n) is 3.03. The zero-order valence-corrected chi connectivity index (χ0v) is 16.3. The molecule has 1 aliphatic rings. The van der Waals surface area contributed by atoms with Gasteiger partial charge in [-0.05, 0) is 49.1 Å². The van der Waals surface area contributed by atoms with Crippen molar-refractivity contribution in [1.82, 2.24) is 4.31 Å². The van der Waals surface area contributed by atoms with Crippen LogP contribution in [0.15, 0.2) is 39.6 Å². The normalized spacial score (nSPS) is 19.6. The molecule has 1 aromatic carbocycles. The van der Waals surface area contributed by atoms with Crippen LogP contribution in [0.3, 0.4) is 0 Å². The van der Waals surface area contributed by atoms with Crippen molar-refractivity contribution in [2.45, 2.75) is 44.6 Å². The Balaban J connectivity index is 1.80. The van der Waals surface area contributed by atoms with Crippen LogP contribution in [0.4, 0.5) is 5.69 Å². The largest absolute Gasteiger partial charge is 0.464 e. The lowest BCUT2D eigenvalue weighted by Gasteiger charge is -2.18. The number of anilines is 1. The highest BCUT2D eigenvalue weighted by Gasteiger charge is 2.36. The summed E-state index contributed by atoms with van der Waals surface area (Å²) in [6.45, 7) is 5.45. The molecule has 1 aromatic heterocycles. The second-order valence-corrected chi connectivity index (χ2v) is 9.06. The van der Waals surface area contributed by atoms with E-state index >= 15 is 0 Å². The Morgan fingerprint density at radius 3 is 2.62 bits per heavy atom. The first-order valence-electron chi connectivity index (χ1n) is 8.61. The van der Waals surface area contributed by atoms with E-state index in [0.29, 0.717) is 28.8 Å². The number of carbonyl (C=O) groups excluding carboxylic acids is 1. The van der Waals surface area contributed by atoms with Crippen LogP contribution in [-0.4, -0.2) is 25.7 Å². The quantitative estimate of drug-likeness (QED) is 0.837. The summed E-state index contributed by atoms with van der Waals surface area (Å²) in [5.41, 5.74) is 1.08. The molecule has 0 aliphatic heterocycles. The van der Waals surface area contributed by atoms with Crippen LogP contribution < -0.4 is 5.32 Å². The maximum Gasteiger partial charge on any atom is 0.243 e. The van der Waals surface area contributed by atoms with E-state index in [1.807, 2.05) is 12.1 Å². The van der Waals surface area contributed by atoms with Crippen LogP contribution in [0.2, 0.25) is 0 Å². The Morgan fingerprint density at radius 2 is 2.00 bits per heavy atom. The number of sulfonamides is 1. The molecule has 1 fully saturated rings. The maximum atomic E-state index is 13.0. The van der Waals surface area contributed by atoms with Crippen LogP contribution in [0.5, 0.6) is 0 Å². The van der Waals surface area contributed by atoms with Gasteiger partial charge in [-0.2, -0.15) is 4.31 Å². The molecule has 2 atom stereocenters. The number of rotatable bonds is 6. The zero-order valence-electron chi connectivity index (χ0n) is 15.4. The molecule has 0 saturated heterocycles. The molecule has 1 heterocycles. The Morgan fingerprint density at radius 1 is 1.31 bits per heavy atom. The Hall–Kier alpha value is -2.12. The van der Waals surface area contributed by atoms with Gasteiger partial charge >= 0.3 is 0 Å². The van der Waals surface area contributed by atoms with Crippen molar-refractivity contribution in [3.05, 3.63) is 47.4 Å². The van der Waals surface area contributed by atoms with Gasteiger partial charge in [-0.3, -0.25) is 4.79 Å². The van der Waals surface area contributed by atoms with E-state index in [0.717, 1.165) is 12.2 Å². The van der Waals surface area contributed by atoms with Crippen molar-refractivity contribution in [2.75, 3.05) is 12.4 Å². The molecule has 1 N–H and O–H groups in total. The van der Waals surface area contributed by atoms with E-state index in [1.54, 1.807) is 19.1 Å². The minimum Gasteiger partial charge on any atom is -0.464 e. The molecular formula is C19H24N2O4S. The molecule has 26 heavy (non-hydrogen) atoms. The first-order chi connectivity index (χ1) is 12.2. The van der Waals surface area contributed by atoms with E-state index in [-0.39, 0.29) is 17.3 Å². The number of aryl methyl sites for hydroxylation is 1. The molecule has 2 aromatic rings. The minimum absolute atomic E-state index is 0.160. The monoisotopic (exact) mass is 376 g/mol. The Bertz CT molecular complexity index is 933. The van der Waals surface area contributed by atoms with Gasteiger partial charge in [-0.1, -0.05) is 13.0 Å². The van der Waals surface area contributed by atoms with Gasteiger partial charge < -0.3 is 9.73 Å². The average Bonchev–Trinajstić information content (AvgIpc) is 3.10. The number of benzene rings is 1. The van der Waals surface area contributed by atoms with E-state index in [4.69, 9.17) is 4.42 Å². The third-order valence-electron chi connectivity index (χ3n) is 4.73. The molecule has 3 rings (SSSR count).